The Morgan fingerprint density at radius 1 is 1.58 bits per heavy atom. The molecule has 1 aromatic heterocycles. The molecule has 0 aliphatic carbocycles. The second kappa shape index (κ2) is 6.43. The van der Waals surface area contributed by atoms with Crippen molar-refractivity contribution in [3.63, 3.8) is 0 Å². The smallest absolute Gasteiger partial charge is 0.0556 e. The van der Waals surface area contributed by atoms with Crippen LogP contribution in [0.3, 0.4) is 0 Å². The van der Waals surface area contributed by atoms with Crippen molar-refractivity contribution in [2.24, 2.45) is 0 Å². The largest absolute Gasteiger partial charge is 0.395 e. The van der Waals surface area contributed by atoms with Crippen LogP contribution in [0, 0.1) is 6.92 Å². The summed E-state index contributed by atoms with van der Waals surface area (Å²) in [4.78, 5) is 1.36. The normalized spacial score (nSPS) is 9.50. The lowest BCUT2D eigenvalue weighted by Gasteiger charge is -2.00. The maximum atomic E-state index is 8.51. The van der Waals surface area contributed by atoms with E-state index in [1.807, 2.05) is 0 Å². The van der Waals surface area contributed by atoms with Gasteiger partial charge in [0.15, 0.2) is 0 Å². The minimum atomic E-state index is 0. The van der Waals surface area contributed by atoms with E-state index >= 15 is 0 Å². The van der Waals surface area contributed by atoms with Crippen molar-refractivity contribution in [1.29, 1.82) is 0 Å². The first kappa shape index (κ1) is 11.9. The monoisotopic (exact) mass is 207 g/mol. The second-order valence-corrected chi connectivity index (χ2v) is 3.43. The van der Waals surface area contributed by atoms with Crippen LogP contribution in [0.1, 0.15) is 10.4 Å². The molecule has 0 fully saturated rings. The average Bonchev–Trinajstić information content (AvgIpc) is 2.37. The highest BCUT2D eigenvalue weighted by Gasteiger charge is 1.96. The van der Waals surface area contributed by atoms with Gasteiger partial charge in [0.05, 0.1) is 6.61 Å². The molecular formula is C8H14ClNOS. The first-order chi connectivity index (χ1) is 5.34. The Kier molecular flexibility index (Phi) is 6.38. The van der Waals surface area contributed by atoms with E-state index in [1.165, 1.54) is 10.4 Å². The lowest BCUT2D eigenvalue weighted by Crippen LogP contribution is -2.17. The summed E-state index contributed by atoms with van der Waals surface area (Å²) in [5.41, 5.74) is 1.33. The maximum Gasteiger partial charge on any atom is 0.0556 e. The number of nitrogens with one attached hydrogen (secondary N) is 1. The number of aliphatic hydroxyl groups is 1. The van der Waals surface area contributed by atoms with Crippen LogP contribution >= 0.6 is 23.7 Å². The number of thiophene rings is 1. The molecule has 12 heavy (non-hydrogen) atoms. The van der Waals surface area contributed by atoms with E-state index in [4.69, 9.17) is 5.11 Å². The fourth-order valence-electron chi connectivity index (χ4n) is 0.866. The molecule has 70 valence electrons. The molecule has 2 nitrogen and oxygen atoms in total. The minimum Gasteiger partial charge on any atom is -0.395 e. The van der Waals surface area contributed by atoms with Gasteiger partial charge in [0, 0.05) is 18.0 Å². The molecule has 0 spiro atoms. The molecule has 1 aromatic rings. The summed E-state index contributed by atoms with van der Waals surface area (Å²) in [6.07, 6.45) is 0. The number of aliphatic hydroxyl groups excluding tert-OH is 1. The van der Waals surface area contributed by atoms with Gasteiger partial charge in [-0.2, -0.15) is 0 Å². The van der Waals surface area contributed by atoms with Gasteiger partial charge in [0.25, 0.3) is 0 Å². The average molecular weight is 208 g/mol. The van der Waals surface area contributed by atoms with Crippen molar-refractivity contribution in [2.75, 3.05) is 13.2 Å². The highest BCUT2D eigenvalue weighted by atomic mass is 35.5. The Bertz CT molecular complexity index is 215. The van der Waals surface area contributed by atoms with Crippen molar-refractivity contribution >= 4 is 23.7 Å². The van der Waals surface area contributed by atoms with Crippen molar-refractivity contribution in [3.8, 4) is 0 Å². The number of aryl methyl sites for hydroxylation is 1. The van der Waals surface area contributed by atoms with Crippen LogP contribution in [0.2, 0.25) is 0 Å². The van der Waals surface area contributed by atoms with Crippen LogP contribution in [0.15, 0.2) is 11.4 Å². The molecule has 0 aliphatic heterocycles. The first-order valence-corrected chi connectivity index (χ1v) is 4.57. The van der Waals surface area contributed by atoms with Crippen LogP contribution in [0.25, 0.3) is 0 Å². The van der Waals surface area contributed by atoms with Crippen molar-refractivity contribution in [2.45, 2.75) is 13.5 Å². The predicted molar refractivity (Wildman–Crippen MR) is 55.1 cm³/mol. The summed E-state index contributed by atoms with van der Waals surface area (Å²) in [5.74, 6) is 0. The van der Waals surface area contributed by atoms with E-state index in [0.29, 0.717) is 6.54 Å². The summed E-state index contributed by atoms with van der Waals surface area (Å²) < 4.78 is 0. The third kappa shape index (κ3) is 3.54. The number of rotatable bonds is 4. The summed E-state index contributed by atoms with van der Waals surface area (Å²) in [7, 11) is 0. The van der Waals surface area contributed by atoms with Gasteiger partial charge in [0.2, 0.25) is 0 Å². The van der Waals surface area contributed by atoms with E-state index in [-0.39, 0.29) is 19.0 Å². The number of hydrogen-bond donors (Lipinski definition) is 2. The molecule has 0 radical (unpaired) electrons. The van der Waals surface area contributed by atoms with Crippen molar-refractivity contribution < 1.29 is 5.11 Å². The zero-order valence-corrected chi connectivity index (χ0v) is 8.67. The van der Waals surface area contributed by atoms with Crippen LogP contribution < -0.4 is 5.32 Å². The molecule has 0 aliphatic rings. The third-order valence-corrected chi connectivity index (χ3v) is 2.57. The van der Waals surface area contributed by atoms with Gasteiger partial charge in [-0.05, 0) is 23.9 Å². The van der Waals surface area contributed by atoms with Crippen molar-refractivity contribution in [1.82, 2.24) is 5.32 Å². The molecule has 0 saturated carbocycles. The topological polar surface area (TPSA) is 32.3 Å². The summed E-state index contributed by atoms with van der Waals surface area (Å²) >= 11 is 1.76. The molecule has 1 rings (SSSR count). The molecule has 0 atom stereocenters. The molecule has 0 saturated heterocycles. The van der Waals surface area contributed by atoms with Gasteiger partial charge >= 0.3 is 0 Å². The minimum absolute atomic E-state index is 0. The highest BCUT2D eigenvalue weighted by Crippen LogP contribution is 2.14. The Balaban J connectivity index is 0.00000121. The molecule has 0 amide bonds. The number of hydrogen-bond acceptors (Lipinski definition) is 3. The predicted octanol–water partition coefficient (Wildman–Crippen LogP) is 1.56. The van der Waals surface area contributed by atoms with Gasteiger partial charge < -0.3 is 10.4 Å². The lowest BCUT2D eigenvalue weighted by molar-refractivity contribution is 0.292. The molecule has 2 N–H and O–H groups in total. The molecular weight excluding hydrogens is 194 g/mol. The Labute approximate surface area is 83.0 Å². The first-order valence-electron chi connectivity index (χ1n) is 3.69. The van der Waals surface area contributed by atoms with Crippen molar-refractivity contribution in [3.05, 3.63) is 21.9 Å². The fourth-order valence-corrected chi connectivity index (χ4v) is 1.74. The van der Waals surface area contributed by atoms with Crippen LogP contribution in [-0.4, -0.2) is 18.3 Å². The van der Waals surface area contributed by atoms with Gasteiger partial charge in [-0.25, -0.2) is 0 Å². The van der Waals surface area contributed by atoms with Gasteiger partial charge in [-0.3, -0.25) is 0 Å². The molecule has 0 bridgehead atoms. The van der Waals surface area contributed by atoms with Gasteiger partial charge in [-0.15, -0.1) is 23.7 Å². The van der Waals surface area contributed by atoms with E-state index in [9.17, 15) is 0 Å². The highest BCUT2D eigenvalue weighted by molar-refractivity contribution is 7.10. The van der Waals surface area contributed by atoms with Crippen LogP contribution in [0.5, 0.6) is 0 Å². The van der Waals surface area contributed by atoms with Gasteiger partial charge in [-0.1, -0.05) is 0 Å². The second-order valence-electron chi connectivity index (χ2n) is 2.43. The zero-order valence-electron chi connectivity index (χ0n) is 7.04. The SMILES string of the molecule is Cc1ccsc1CNCCO.Cl. The molecule has 1 heterocycles. The van der Waals surface area contributed by atoms with Gasteiger partial charge in [0.1, 0.15) is 0 Å². The summed E-state index contributed by atoms with van der Waals surface area (Å²) in [5, 5.41) is 13.7. The van der Waals surface area contributed by atoms with E-state index in [2.05, 4.69) is 23.7 Å². The molecule has 4 heteroatoms. The molecule has 0 aromatic carbocycles. The Morgan fingerprint density at radius 3 is 2.83 bits per heavy atom. The fraction of sp³-hybridized carbons (Fsp3) is 0.500. The molecule has 0 unspecified atom stereocenters. The Morgan fingerprint density at radius 2 is 2.33 bits per heavy atom. The van der Waals surface area contributed by atoms with E-state index in [1.54, 1.807) is 11.3 Å². The number of halogens is 1. The zero-order chi connectivity index (χ0) is 8.10. The summed E-state index contributed by atoms with van der Waals surface area (Å²) in [6.45, 7) is 3.87. The van der Waals surface area contributed by atoms with E-state index < -0.39 is 0 Å². The van der Waals surface area contributed by atoms with E-state index in [0.717, 1.165) is 6.54 Å². The quantitative estimate of drug-likeness (QED) is 0.735. The van der Waals surface area contributed by atoms with Crippen LogP contribution in [-0.2, 0) is 6.54 Å². The lowest BCUT2D eigenvalue weighted by atomic mass is 10.3. The Hall–Kier alpha value is -0.0900. The summed E-state index contributed by atoms with van der Waals surface area (Å²) in [6, 6.07) is 2.11. The maximum absolute atomic E-state index is 8.51. The standard InChI is InChI=1S/C8H13NOS.ClH/c1-7-2-5-11-8(7)6-9-3-4-10;/h2,5,9-10H,3-4,6H2,1H3;1H. The van der Waals surface area contributed by atoms with Crippen LogP contribution in [0.4, 0.5) is 0 Å². The third-order valence-electron chi connectivity index (χ3n) is 1.54.